The van der Waals surface area contributed by atoms with Gasteiger partial charge in [-0.2, -0.15) is 15.3 Å². The Hall–Kier alpha value is -10.5. The average molecular weight is 1380 g/mol. The Labute approximate surface area is 568 Å². The Bertz CT molecular complexity index is 4860. The van der Waals surface area contributed by atoms with Gasteiger partial charge >= 0.3 is 0 Å². The standard InChI is InChI=1S/2C23H17N5OS2.C22H15N5O3S3/c2*1-14-2-4-15(5-3-14)16-6-8-17(9-7-16)20-18(13-26-27-20)12-19-21(29)28(22(24)31-19)23-25-10-11-30-23;23-21-27(22-24-10-11-31-22)20(28)18(32-21)12-15-13-25-26-19(15)14-6-8-17(9-7-14)33(29,30)16-4-2-1-3-5-16/h2*2-13,24H,1H3,(H,26,27);1-13,23H,(H,25,26)/b2*19-12-,24-22?;18-12-,23-21?. The molecule has 3 aliphatic rings. The molecule has 0 spiro atoms. The lowest BCUT2D eigenvalue weighted by atomic mass is 10.0. The van der Waals surface area contributed by atoms with Crippen LogP contribution in [0.5, 0.6) is 0 Å². The van der Waals surface area contributed by atoms with Crippen LogP contribution in [0.4, 0.5) is 15.4 Å². The summed E-state index contributed by atoms with van der Waals surface area (Å²) in [6, 6.07) is 48.1. The SMILES string of the molecule is Cc1ccc(-c2ccc(-c3[nH]ncc3/C=C3\SC(=N)N(c4nccs4)C3=O)cc2)cc1.Cc1ccc(-c2ccc(-c3[nH]ncc3/C=C3\SC(=N)N(c4nccs4)C3=O)cc2)cc1.N=C1S/C(=C\c2cn[nH]c2-c2ccc(S(=O)(=O)c3ccccc3)cc2)C(=O)N1c1nccs1. The van der Waals surface area contributed by atoms with E-state index in [4.69, 9.17) is 16.2 Å². The van der Waals surface area contributed by atoms with E-state index in [2.05, 4.69) is 132 Å². The molecule has 15 rings (SSSR count). The van der Waals surface area contributed by atoms with Crippen LogP contribution < -0.4 is 14.7 Å². The third-order valence-corrected chi connectivity index (χ3v) is 21.5. The van der Waals surface area contributed by atoms with Crippen LogP contribution in [0.25, 0.3) is 74.3 Å². The maximum absolute atomic E-state index is 12.8. The van der Waals surface area contributed by atoms with Crippen molar-refractivity contribution in [2.24, 2.45) is 0 Å². The summed E-state index contributed by atoms with van der Waals surface area (Å²) in [5.41, 5.74) is 14.3. The smallest absolute Gasteiger partial charge is 0.273 e. The molecule has 6 aromatic heterocycles. The molecule has 0 radical (unpaired) electrons. The van der Waals surface area contributed by atoms with Gasteiger partial charge in [0.05, 0.1) is 60.2 Å². The number of nitrogens with zero attached hydrogens (tertiary/aromatic N) is 9. The summed E-state index contributed by atoms with van der Waals surface area (Å²) in [4.78, 5) is 56.6. The zero-order valence-corrected chi connectivity index (χ0v) is 55.5. The minimum atomic E-state index is -3.61. The number of benzene rings is 6. The van der Waals surface area contributed by atoms with Crippen molar-refractivity contribution in [2.45, 2.75) is 23.6 Å². The third-order valence-electron chi connectivity index (χ3n) is 14.8. The fraction of sp³-hybridized carbons (Fsp3) is 0.0294. The molecule has 0 atom stereocenters. The molecule has 3 amide bonds. The minimum absolute atomic E-state index is 0.0849. The first-order chi connectivity index (χ1) is 46.1. The number of thioether (sulfide) groups is 3. The van der Waals surface area contributed by atoms with Gasteiger partial charge in [0.2, 0.25) is 9.84 Å². The van der Waals surface area contributed by atoms with Crippen LogP contribution in [0.3, 0.4) is 0 Å². The second kappa shape index (κ2) is 27.6. The first-order valence-corrected chi connectivity index (χ1v) is 35.2. The maximum atomic E-state index is 12.8. The number of anilines is 3. The molecule has 468 valence electrons. The van der Waals surface area contributed by atoms with Gasteiger partial charge in [0.1, 0.15) is 0 Å². The quantitative estimate of drug-likeness (QED) is 0.0585. The van der Waals surface area contributed by atoms with Crippen LogP contribution in [0.15, 0.2) is 229 Å². The Morgan fingerprint density at radius 2 is 0.674 bits per heavy atom. The van der Waals surface area contributed by atoms with Crippen LogP contribution >= 0.6 is 69.3 Å². The van der Waals surface area contributed by atoms with Gasteiger partial charge in [0.15, 0.2) is 30.9 Å². The summed E-state index contributed by atoms with van der Waals surface area (Å²) in [5.74, 6) is -0.810. The van der Waals surface area contributed by atoms with E-state index in [0.717, 1.165) is 91.2 Å². The lowest BCUT2D eigenvalue weighted by Gasteiger charge is -2.09. The summed E-state index contributed by atoms with van der Waals surface area (Å²) in [7, 11) is -3.61. The number of carbonyl (C=O) groups excluding carboxylic acids is 3. The summed E-state index contributed by atoms with van der Waals surface area (Å²) >= 11 is 7.26. The number of nitrogens with one attached hydrogen (secondary N) is 6. The second-order valence-electron chi connectivity index (χ2n) is 20.9. The first-order valence-electron chi connectivity index (χ1n) is 28.7. The number of sulfone groups is 1. The molecule has 3 aliphatic heterocycles. The minimum Gasteiger partial charge on any atom is -0.278 e. The topological polar surface area (TPSA) is 291 Å². The number of hydrogen-bond acceptors (Lipinski definition) is 20. The largest absolute Gasteiger partial charge is 0.278 e. The molecule has 95 heavy (non-hydrogen) atoms. The number of rotatable bonds is 13. The van der Waals surface area contributed by atoms with Gasteiger partial charge in [-0.15, -0.1) is 34.0 Å². The Morgan fingerprint density at radius 3 is 0.979 bits per heavy atom. The van der Waals surface area contributed by atoms with Gasteiger partial charge in [-0.05, 0) is 114 Å². The van der Waals surface area contributed by atoms with Gasteiger partial charge in [0.25, 0.3) is 17.7 Å². The van der Waals surface area contributed by atoms with Crippen LogP contribution in [-0.4, -0.2) is 87.2 Å². The van der Waals surface area contributed by atoms with Crippen molar-refractivity contribution >= 4 is 146 Å². The molecular weight excluding hydrogens is 1330 g/mol. The molecule has 0 unspecified atom stereocenters. The van der Waals surface area contributed by atoms with E-state index in [1.807, 2.05) is 24.3 Å². The summed E-state index contributed by atoms with van der Waals surface area (Å²) in [5, 5.41) is 53.1. The van der Waals surface area contributed by atoms with E-state index in [0.29, 0.717) is 46.9 Å². The normalized spacial score (nSPS) is 15.3. The molecular formula is C68H49N15O5S7. The van der Waals surface area contributed by atoms with Gasteiger partial charge in [-0.3, -0.25) is 45.9 Å². The van der Waals surface area contributed by atoms with Crippen LogP contribution in [0.2, 0.25) is 0 Å². The molecule has 0 aliphatic carbocycles. The highest BCUT2D eigenvalue weighted by atomic mass is 32.2. The summed E-state index contributed by atoms with van der Waals surface area (Å²) < 4.78 is 25.6. The van der Waals surface area contributed by atoms with Crippen LogP contribution in [0.1, 0.15) is 27.8 Å². The third kappa shape index (κ3) is 13.5. The highest BCUT2D eigenvalue weighted by Gasteiger charge is 2.38. The number of aryl methyl sites for hydroxylation is 2. The fourth-order valence-electron chi connectivity index (χ4n) is 9.98. The maximum Gasteiger partial charge on any atom is 0.273 e. The number of aromatic amines is 3. The van der Waals surface area contributed by atoms with E-state index >= 15 is 0 Å². The first kappa shape index (κ1) is 63.2. The number of H-pyrrole nitrogens is 3. The molecule has 3 saturated heterocycles. The number of aromatic nitrogens is 9. The molecule has 12 aromatic rings. The van der Waals surface area contributed by atoms with Crippen molar-refractivity contribution in [1.29, 1.82) is 16.2 Å². The molecule has 0 saturated carbocycles. The highest BCUT2D eigenvalue weighted by molar-refractivity contribution is 8.19. The Kier molecular flexibility index (Phi) is 18.4. The fourth-order valence-corrected chi connectivity index (χ4v) is 15.9. The van der Waals surface area contributed by atoms with Crippen molar-refractivity contribution in [3.05, 3.63) is 248 Å². The number of thiazole rings is 3. The van der Waals surface area contributed by atoms with E-state index in [1.165, 1.54) is 59.8 Å². The van der Waals surface area contributed by atoms with Crippen LogP contribution in [-0.2, 0) is 24.2 Å². The number of amidine groups is 3. The molecule has 9 heterocycles. The van der Waals surface area contributed by atoms with Gasteiger partial charge in [0, 0.05) is 68.1 Å². The van der Waals surface area contributed by atoms with E-state index < -0.39 is 9.84 Å². The van der Waals surface area contributed by atoms with Crippen molar-refractivity contribution < 1.29 is 22.8 Å². The predicted molar refractivity (Wildman–Crippen MR) is 383 cm³/mol. The second-order valence-corrected chi connectivity index (χ2v) is 28.6. The van der Waals surface area contributed by atoms with E-state index in [9.17, 15) is 22.8 Å². The van der Waals surface area contributed by atoms with Crippen molar-refractivity contribution in [1.82, 2.24) is 45.5 Å². The van der Waals surface area contributed by atoms with Gasteiger partial charge in [-0.25, -0.2) is 38.1 Å². The van der Waals surface area contributed by atoms with E-state index in [-0.39, 0.29) is 43.0 Å². The Morgan fingerprint density at radius 1 is 0.389 bits per heavy atom. The number of hydrogen-bond donors (Lipinski definition) is 6. The zero-order valence-electron chi connectivity index (χ0n) is 49.8. The summed E-state index contributed by atoms with van der Waals surface area (Å²) in [6.45, 7) is 4.15. The van der Waals surface area contributed by atoms with Crippen molar-refractivity contribution in [3.8, 4) is 56.0 Å². The molecule has 6 aromatic carbocycles. The van der Waals surface area contributed by atoms with Crippen LogP contribution in [0, 0.1) is 30.1 Å². The molecule has 0 bridgehead atoms. The lowest BCUT2D eigenvalue weighted by molar-refractivity contribution is -0.114. The Balaban J connectivity index is 0.000000129. The van der Waals surface area contributed by atoms with Crippen molar-refractivity contribution in [2.75, 3.05) is 14.7 Å². The van der Waals surface area contributed by atoms with Crippen molar-refractivity contribution in [3.63, 3.8) is 0 Å². The van der Waals surface area contributed by atoms with E-state index in [1.54, 1.807) is 126 Å². The number of amides is 3. The average Bonchev–Trinajstić information content (AvgIpc) is 1.76. The van der Waals surface area contributed by atoms with Gasteiger partial charge in [-0.1, -0.05) is 139 Å². The summed E-state index contributed by atoms with van der Waals surface area (Å²) in [6.07, 6.45) is 15.0. The molecule has 3 fully saturated rings. The molecule has 6 N–H and O–H groups in total. The predicted octanol–water partition coefficient (Wildman–Crippen LogP) is 15.6. The molecule has 20 nitrogen and oxygen atoms in total. The highest BCUT2D eigenvalue weighted by Crippen LogP contribution is 2.41. The zero-order chi connectivity index (χ0) is 65.7. The number of carbonyl (C=O) groups is 3. The lowest BCUT2D eigenvalue weighted by Crippen LogP contribution is -2.27. The van der Waals surface area contributed by atoms with Gasteiger partial charge < -0.3 is 0 Å². The molecule has 27 heteroatoms. The monoisotopic (exact) mass is 1380 g/mol.